The highest BCUT2D eigenvalue weighted by Gasteiger charge is 2.11. The maximum atomic E-state index is 10.8. The molecule has 0 aliphatic heterocycles. The molecule has 5 heteroatoms. The van der Waals surface area contributed by atoms with E-state index in [0.29, 0.717) is 0 Å². The molecule has 0 aromatic heterocycles. The van der Waals surface area contributed by atoms with Gasteiger partial charge in [-0.1, -0.05) is 6.07 Å². The molecule has 1 aliphatic rings. The summed E-state index contributed by atoms with van der Waals surface area (Å²) < 4.78 is 5.49. The van der Waals surface area contributed by atoms with Gasteiger partial charge in [-0.2, -0.15) is 0 Å². The largest absolute Gasteiger partial charge is 0.492 e. The average Bonchev–Trinajstić information content (AvgIpc) is 2.43. The number of nitrogens with one attached hydrogen (secondary N) is 1. The SMILES string of the molecule is O=C(O)C(=O)NCCOc1ccc2c(c1)CCCC2. The number of rotatable bonds is 4. The lowest BCUT2D eigenvalue weighted by Gasteiger charge is -2.16. The molecule has 19 heavy (non-hydrogen) atoms. The first-order valence-corrected chi connectivity index (χ1v) is 6.42. The van der Waals surface area contributed by atoms with Gasteiger partial charge in [0, 0.05) is 0 Å². The molecule has 0 saturated heterocycles. The van der Waals surface area contributed by atoms with Crippen LogP contribution in [0.3, 0.4) is 0 Å². The summed E-state index contributed by atoms with van der Waals surface area (Å²) in [5.41, 5.74) is 2.72. The van der Waals surface area contributed by atoms with Gasteiger partial charge in [0.25, 0.3) is 0 Å². The third-order valence-corrected chi connectivity index (χ3v) is 3.17. The number of benzene rings is 1. The van der Waals surface area contributed by atoms with Crippen LogP contribution in [0, 0.1) is 0 Å². The highest BCUT2D eigenvalue weighted by Crippen LogP contribution is 2.25. The zero-order valence-electron chi connectivity index (χ0n) is 10.6. The molecule has 2 rings (SSSR count). The topological polar surface area (TPSA) is 75.6 Å². The molecule has 1 aliphatic carbocycles. The molecule has 102 valence electrons. The molecule has 5 nitrogen and oxygen atoms in total. The van der Waals surface area contributed by atoms with Gasteiger partial charge >= 0.3 is 11.9 Å². The Balaban J connectivity index is 1.80. The van der Waals surface area contributed by atoms with Crippen LogP contribution in [0.1, 0.15) is 24.0 Å². The van der Waals surface area contributed by atoms with Crippen LogP contribution < -0.4 is 10.1 Å². The Bertz CT molecular complexity index is 484. The summed E-state index contributed by atoms with van der Waals surface area (Å²) in [4.78, 5) is 21.1. The van der Waals surface area contributed by atoms with Gasteiger partial charge in [0.05, 0.1) is 6.54 Å². The lowest BCUT2D eigenvalue weighted by atomic mass is 9.92. The second-order valence-corrected chi connectivity index (χ2v) is 4.55. The Morgan fingerprint density at radius 1 is 1.21 bits per heavy atom. The molecule has 1 aromatic carbocycles. The third kappa shape index (κ3) is 3.71. The summed E-state index contributed by atoms with van der Waals surface area (Å²) in [7, 11) is 0. The van der Waals surface area contributed by atoms with E-state index in [4.69, 9.17) is 9.84 Å². The van der Waals surface area contributed by atoms with Crippen molar-refractivity contribution in [3.8, 4) is 5.75 Å². The van der Waals surface area contributed by atoms with E-state index in [-0.39, 0.29) is 13.2 Å². The first-order valence-electron chi connectivity index (χ1n) is 6.42. The maximum Gasteiger partial charge on any atom is 0.394 e. The molecule has 0 atom stereocenters. The van der Waals surface area contributed by atoms with E-state index in [1.165, 1.54) is 24.0 Å². The second kappa shape index (κ2) is 6.22. The molecule has 0 heterocycles. The van der Waals surface area contributed by atoms with Crippen molar-refractivity contribution in [2.45, 2.75) is 25.7 Å². The Kier molecular flexibility index (Phi) is 4.39. The first kappa shape index (κ1) is 13.4. The number of amides is 1. The minimum absolute atomic E-state index is 0.183. The van der Waals surface area contributed by atoms with Crippen molar-refractivity contribution < 1.29 is 19.4 Å². The lowest BCUT2D eigenvalue weighted by molar-refractivity contribution is -0.150. The van der Waals surface area contributed by atoms with Crippen LogP contribution in [0.2, 0.25) is 0 Å². The number of carboxylic acid groups (broad SMARTS) is 1. The summed E-state index contributed by atoms with van der Waals surface area (Å²) in [5.74, 6) is -1.71. The van der Waals surface area contributed by atoms with E-state index in [9.17, 15) is 9.59 Å². The predicted octanol–water partition coefficient (Wildman–Crippen LogP) is 1.14. The highest BCUT2D eigenvalue weighted by molar-refractivity contribution is 6.31. The van der Waals surface area contributed by atoms with Gasteiger partial charge in [0.15, 0.2) is 0 Å². The summed E-state index contributed by atoms with van der Waals surface area (Å²) in [6.45, 7) is 0.444. The van der Waals surface area contributed by atoms with Gasteiger partial charge in [0.2, 0.25) is 0 Å². The number of hydrogen-bond acceptors (Lipinski definition) is 3. The van der Waals surface area contributed by atoms with Crippen LogP contribution >= 0.6 is 0 Å². The number of aliphatic carboxylic acids is 1. The number of fused-ring (bicyclic) bond motifs is 1. The molecule has 0 saturated carbocycles. The monoisotopic (exact) mass is 263 g/mol. The highest BCUT2D eigenvalue weighted by atomic mass is 16.5. The number of hydrogen-bond donors (Lipinski definition) is 2. The fourth-order valence-electron chi connectivity index (χ4n) is 2.21. The Hall–Kier alpha value is -2.04. The minimum Gasteiger partial charge on any atom is -0.492 e. The van der Waals surface area contributed by atoms with Gasteiger partial charge in [-0.25, -0.2) is 4.79 Å². The molecule has 0 bridgehead atoms. The summed E-state index contributed by atoms with van der Waals surface area (Å²) in [5, 5.41) is 10.6. The smallest absolute Gasteiger partial charge is 0.394 e. The van der Waals surface area contributed by atoms with Crippen molar-refractivity contribution in [1.29, 1.82) is 0 Å². The maximum absolute atomic E-state index is 10.8. The lowest BCUT2D eigenvalue weighted by Crippen LogP contribution is -2.33. The fourth-order valence-corrected chi connectivity index (χ4v) is 2.21. The van der Waals surface area contributed by atoms with Crippen LogP contribution in [-0.2, 0) is 22.4 Å². The molecule has 0 radical (unpaired) electrons. The van der Waals surface area contributed by atoms with Crippen molar-refractivity contribution in [3.05, 3.63) is 29.3 Å². The molecule has 1 aromatic rings. The molecular weight excluding hydrogens is 246 g/mol. The van der Waals surface area contributed by atoms with Crippen molar-refractivity contribution in [2.24, 2.45) is 0 Å². The number of aryl methyl sites for hydroxylation is 2. The van der Waals surface area contributed by atoms with Crippen LogP contribution in [0.25, 0.3) is 0 Å². The standard InChI is InChI=1S/C14H17NO4/c16-13(14(17)18)15-7-8-19-12-6-5-10-3-1-2-4-11(10)9-12/h5-6,9H,1-4,7-8H2,(H,15,16)(H,17,18). The molecule has 0 spiro atoms. The van der Waals surface area contributed by atoms with Crippen LogP contribution in [0.4, 0.5) is 0 Å². The van der Waals surface area contributed by atoms with E-state index in [1.807, 2.05) is 12.1 Å². The van der Waals surface area contributed by atoms with Crippen LogP contribution in [0.15, 0.2) is 18.2 Å². The van der Waals surface area contributed by atoms with Crippen molar-refractivity contribution in [1.82, 2.24) is 5.32 Å². The number of ether oxygens (including phenoxy) is 1. The number of carbonyl (C=O) groups is 2. The van der Waals surface area contributed by atoms with Gasteiger partial charge in [-0.3, -0.25) is 4.79 Å². The van der Waals surface area contributed by atoms with E-state index in [1.54, 1.807) is 0 Å². The quantitative estimate of drug-likeness (QED) is 0.631. The summed E-state index contributed by atoms with van der Waals surface area (Å²) in [6.07, 6.45) is 4.67. The average molecular weight is 263 g/mol. The van der Waals surface area contributed by atoms with Crippen LogP contribution in [-0.4, -0.2) is 30.1 Å². The van der Waals surface area contributed by atoms with Gasteiger partial charge in [-0.15, -0.1) is 0 Å². The van der Waals surface area contributed by atoms with Gasteiger partial charge in [-0.05, 0) is 48.9 Å². The second-order valence-electron chi connectivity index (χ2n) is 4.55. The Labute approximate surface area is 111 Å². The first-order chi connectivity index (χ1) is 9.16. The Morgan fingerprint density at radius 2 is 1.95 bits per heavy atom. The van der Waals surface area contributed by atoms with Gasteiger partial charge in [0.1, 0.15) is 12.4 Å². The van der Waals surface area contributed by atoms with E-state index >= 15 is 0 Å². The minimum atomic E-state index is -1.48. The van der Waals surface area contributed by atoms with E-state index < -0.39 is 11.9 Å². The molecule has 0 fully saturated rings. The third-order valence-electron chi connectivity index (χ3n) is 3.17. The molecular formula is C14H17NO4. The van der Waals surface area contributed by atoms with Crippen molar-refractivity contribution in [3.63, 3.8) is 0 Å². The predicted molar refractivity (Wildman–Crippen MR) is 69.2 cm³/mol. The normalized spacial score (nSPS) is 13.5. The summed E-state index contributed by atoms with van der Waals surface area (Å²) in [6, 6.07) is 6.04. The zero-order valence-corrected chi connectivity index (χ0v) is 10.6. The van der Waals surface area contributed by atoms with Crippen molar-refractivity contribution in [2.75, 3.05) is 13.2 Å². The molecule has 0 unspecified atom stereocenters. The van der Waals surface area contributed by atoms with Crippen molar-refractivity contribution >= 4 is 11.9 Å². The molecule has 1 amide bonds. The van der Waals surface area contributed by atoms with Gasteiger partial charge < -0.3 is 15.2 Å². The zero-order chi connectivity index (χ0) is 13.7. The molecule has 2 N–H and O–H groups in total. The Morgan fingerprint density at radius 3 is 2.68 bits per heavy atom. The number of carboxylic acids is 1. The van der Waals surface area contributed by atoms with E-state index in [2.05, 4.69) is 11.4 Å². The fraction of sp³-hybridized carbons (Fsp3) is 0.429. The van der Waals surface area contributed by atoms with E-state index in [0.717, 1.165) is 18.6 Å². The summed E-state index contributed by atoms with van der Waals surface area (Å²) >= 11 is 0. The van der Waals surface area contributed by atoms with Crippen LogP contribution in [0.5, 0.6) is 5.75 Å². The number of carbonyl (C=O) groups excluding carboxylic acids is 1.